The molecule has 0 aliphatic carbocycles. The van der Waals surface area contributed by atoms with Crippen molar-refractivity contribution in [1.82, 2.24) is 0 Å². The third-order valence-corrected chi connectivity index (χ3v) is 4.67. The van der Waals surface area contributed by atoms with Crippen molar-refractivity contribution in [3.8, 4) is 11.5 Å². The third kappa shape index (κ3) is 1.78. The first-order valence-electron chi connectivity index (χ1n) is 7.07. The molecule has 4 rings (SSSR count). The molecule has 1 spiro atoms. The number of hydrogen-bond acceptors (Lipinski definition) is 4. The van der Waals surface area contributed by atoms with Crippen LogP contribution in [0.15, 0.2) is 39.8 Å². The van der Waals surface area contributed by atoms with E-state index >= 15 is 0 Å². The molecule has 2 aromatic carbocycles. The van der Waals surface area contributed by atoms with Gasteiger partial charge in [-0.3, -0.25) is 0 Å². The highest BCUT2D eigenvalue weighted by molar-refractivity contribution is 9.10. The minimum atomic E-state index is -0.631. The Morgan fingerprint density at radius 2 is 2.00 bits per heavy atom. The van der Waals surface area contributed by atoms with Gasteiger partial charge in [0.05, 0.1) is 0 Å². The number of benzene rings is 2. The summed E-state index contributed by atoms with van der Waals surface area (Å²) in [5, 5.41) is 0. The Hall–Kier alpha value is -2.01. The Morgan fingerprint density at radius 3 is 2.73 bits per heavy atom. The lowest BCUT2D eigenvalue weighted by atomic mass is 9.80. The van der Waals surface area contributed by atoms with Gasteiger partial charge in [0.25, 0.3) is 6.02 Å². The summed E-state index contributed by atoms with van der Waals surface area (Å²) in [5.74, 6) is 1.65. The van der Waals surface area contributed by atoms with Crippen LogP contribution in [0.4, 0.5) is 0 Å². The standard InChI is InChI=1S/C17H15BrN2O2/c1-9-3-4-14-12(5-9)17(8-21-16(19)20-17)13-7-11(18)6-10(2)15(13)22-14/h3-7H,8H2,1-2H3,(H2,19,20). The van der Waals surface area contributed by atoms with E-state index < -0.39 is 5.54 Å². The van der Waals surface area contributed by atoms with Crippen LogP contribution in [0, 0.1) is 13.8 Å². The van der Waals surface area contributed by atoms with Crippen molar-refractivity contribution in [2.75, 3.05) is 6.61 Å². The molecule has 1 unspecified atom stereocenters. The van der Waals surface area contributed by atoms with Crippen LogP contribution in [0.1, 0.15) is 22.3 Å². The number of hydrogen-bond donors (Lipinski definition) is 1. The second kappa shape index (κ2) is 4.49. The number of ether oxygens (including phenoxy) is 2. The molecule has 2 aromatic rings. The second-order valence-corrected chi connectivity index (χ2v) is 6.72. The molecule has 0 fully saturated rings. The maximum Gasteiger partial charge on any atom is 0.283 e. The first-order valence-corrected chi connectivity index (χ1v) is 7.87. The van der Waals surface area contributed by atoms with E-state index in [1.165, 1.54) is 0 Å². The Balaban J connectivity index is 2.08. The van der Waals surface area contributed by atoms with Crippen LogP contribution >= 0.6 is 15.9 Å². The van der Waals surface area contributed by atoms with Crippen LogP contribution in [0.5, 0.6) is 11.5 Å². The number of nitrogens with zero attached hydrogens (tertiary/aromatic N) is 1. The molecule has 0 radical (unpaired) electrons. The fourth-order valence-electron chi connectivity index (χ4n) is 3.19. The molecule has 22 heavy (non-hydrogen) atoms. The summed E-state index contributed by atoms with van der Waals surface area (Å²) in [6, 6.07) is 10.4. The molecule has 0 bridgehead atoms. The largest absolute Gasteiger partial charge is 0.462 e. The zero-order valence-corrected chi connectivity index (χ0v) is 13.9. The molecule has 4 nitrogen and oxygen atoms in total. The summed E-state index contributed by atoms with van der Waals surface area (Å²) in [6.45, 7) is 4.47. The van der Waals surface area contributed by atoms with Crippen molar-refractivity contribution in [1.29, 1.82) is 0 Å². The van der Waals surface area contributed by atoms with Crippen molar-refractivity contribution < 1.29 is 9.47 Å². The van der Waals surface area contributed by atoms with Gasteiger partial charge in [-0.2, -0.15) is 0 Å². The molecular weight excluding hydrogens is 344 g/mol. The van der Waals surface area contributed by atoms with Crippen molar-refractivity contribution in [3.05, 3.63) is 57.1 Å². The average Bonchev–Trinajstić information content (AvgIpc) is 2.85. The number of fused-ring (bicyclic) bond motifs is 4. The number of amidine groups is 1. The van der Waals surface area contributed by atoms with Gasteiger partial charge in [0.2, 0.25) is 0 Å². The number of aryl methyl sites for hydroxylation is 2. The summed E-state index contributed by atoms with van der Waals surface area (Å²) in [5.41, 5.74) is 9.40. The molecule has 1 atom stereocenters. The van der Waals surface area contributed by atoms with Crippen LogP contribution in [-0.4, -0.2) is 12.6 Å². The number of rotatable bonds is 0. The quantitative estimate of drug-likeness (QED) is 0.779. The van der Waals surface area contributed by atoms with Gasteiger partial charge in [-0.25, -0.2) is 4.99 Å². The molecule has 5 heteroatoms. The van der Waals surface area contributed by atoms with Crippen LogP contribution in [0.2, 0.25) is 0 Å². The molecular formula is C17H15BrN2O2. The summed E-state index contributed by atoms with van der Waals surface area (Å²) >= 11 is 3.57. The maximum absolute atomic E-state index is 6.15. The molecule has 0 saturated carbocycles. The molecule has 0 aromatic heterocycles. The van der Waals surface area contributed by atoms with Crippen LogP contribution < -0.4 is 10.5 Å². The first-order chi connectivity index (χ1) is 10.5. The van der Waals surface area contributed by atoms with Gasteiger partial charge in [0, 0.05) is 15.6 Å². The van der Waals surface area contributed by atoms with E-state index in [0.717, 1.165) is 38.2 Å². The van der Waals surface area contributed by atoms with Gasteiger partial charge < -0.3 is 15.2 Å². The van der Waals surface area contributed by atoms with Gasteiger partial charge >= 0.3 is 0 Å². The van der Waals surface area contributed by atoms with Gasteiger partial charge in [0.15, 0.2) is 5.54 Å². The van der Waals surface area contributed by atoms with Gasteiger partial charge in [-0.1, -0.05) is 27.6 Å². The molecule has 112 valence electrons. The molecule has 2 heterocycles. The van der Waals surface area contributed by atoms with Gasteiger partial charge in [-0.05, 0) is 43.7 Å². The lowest BCUT2D eigenvalue weighted by molar-refractivity contribution is 0.264. The Labute approximate surface area is 137 Å². The smallest absolute Gasteiger partial charge is 0.283 e. The fourth-order valence-corrected chi connectivity index (χ4v) is 3.76. The molecule has 2 aliphatic rings. The maximum atomic E-state index is 6.15. The van der Waals surface area contributed by atoms with Crippen molar-refractivity contribution in [2.45, 2.75) is 19.4 Å². The predicted octanol–water partition coefficient (Wildman–Crippen LogP) is 3.76. The lowest BCUT2D eigenvalue weighted by Gasteiger charge is -2.34. The van der Waals surface area contributed by atoms with Gasteiger partial charge in [-0.15, -0.1) is 0 Å². The summed E-state index contributed by atoms with van der Waals surface area (Å²) < 4.78 is 12.7. The monoisotopic (exact) mass is 358 g/mol. The molecule has 0 saturated heterocycles. The van der Waals surface area contributed by atoms with E-state index in [9.17, 15) is 0 Å². The van der Waals surface area contributed by atoms with E-state index in [1.54, 1.807) is 0 Å². The van der Waals surface area contributed by atoms with E-state index in [4.69, 9.17) is 15.2 Å². The molecule has 2 N–H and O–H groups in total. The molecule has 0 amide bonds. The topological polar surface area (TPSA) is 56.8 Å². The zero-order valence-electron chi connectivity index (χ0n) is 12.3. The third-order valence-electron chi connectivity index (χ3n) is 4.21. The SMILES string of the molecule is Cc1ccc2c(c1)C1(COC(N)=N1)c1cc(Br)cc(C)c1O2. The van der Waals surface area contributed by atoms with Crippen LogP contribution in [-0.2, 0) is 10.3 Å². The Kier molecular flexibility index (Phi) is 2.78. The zero-order chi connectivity index (χ0) is 15.5. The minimum Gasteiger partial charge on any atom is -0.462 e. The second-order valence-electron chi connectivity index (χ2n) is 5.80. The first kappa shape index (κ1) is 13.6. The molecule has 2 aliphatic heterocycles. The van der Waals surface area contributed by atoms with Crippen LogP contribution in [0.25, 0.3) is 0 Å². The van der Waals surface area contributed by atoms with Crippen molar-refractivity contribution in [2.24, 2.45) is 10.7 Å². The van der Waals surface area contributed by atoms with Crippen molar-refractivity contribution in [3.63, 3.8) is 0 Å². The van der Waals surface area contributed by atoms with E-state index in [-0.39, 0.29) is 6.02 Å². The fraction of sp³-hybridized carbons (Fsp3) is 0.235. The predicted molar refractivity (Wildman–Crippen MR) is 88.5 cm³/mol. The normalized spacial score (nSPS) is 21.7. The summed E-state index contributed by atoms with van der Waals surface area (Å²) in [4.78, 5) is 4.66. The average molecular weight is 359 g/mol. The van der Waals surface area contributed by atoms with Crippen molar-refractivity contribution >= 4 is 22.0 Å². The minimum absolute atomic E-state index is 0.220. The van der Waals surface area contributed by atoms with Gasteiger partial charge in [0.1, 0.15) is 18.1 Å². The summed E-state index contributed by atoms with van der Waals surface area (Å²) in [6.07, 6.45) is 0. The number of halogens is 1. The Morgan fingerprint density at radius 1 is 1.18 bits per heavy atom. The highest BCUT2D eigenvalue weighted by Gasteiger charge is 2.47. The highest BCUT2D eigenvalue weighted by atomic mass is 79.9. The van der Waals surface area contributed by atoms with E-state index in [0.29, 0.717) is 6.61 Å². The number of nitrogens with two attached hydrogens (primary N) is 1. The lowest BCUT2D eigenvalue weighted by Crippen LogP contribution is -2.31. The highest BCUT2D eigenvalue weighted by Crippen LogP contribution is 2.52. The Bertz CT molecular complexity index is 832. The number of aliphatic imine (C=N–C) groups is 1. The van der Waals surface area contributed by atoms with Crippen LogP contribution in [0.3, 0.4) is 0 Å². The summed E-state index contributed by atoms with van der Waals surface area (Å²) in [7, 11) is 0. The van der Waals surface area contributed by atoms with E-state index in [1.807, 2.05) is 31.2 Å². The van der Waals surface area contributed by atoms with E-state index in [2.05, 4.69) is 33.9 Å².